The molecule has 0 aliphatic carbocycles. The summed E-state index contributed by atoms with van der Waals surface area (Å²) < 4.78 is 6.01. The van der Waals surface area contributed by atoms with Gasteiger partial charge in [-0.3, -0.25) is 14.5 Å². The van der Waals surface area contributed by atoms with Gasteiger partial charge in [0.2, 0.25) is 0 Å². The summed E-state index contributed by atoms with van der Waals surface area (Å²) in [6, 6.07) is 23.2. The van der Waals surface area contributed by atoms with E-state index in [4.69, 9.17) is 4.74 Å². The summed E-state index contributed by atoms with van der Waals surface area (Å²) in [6.45, 7) is 5.48. The third kappa shape index (κ3) is 7.64. The molecule has 8 heteroatoms. The van der Waals surface area contributed by atoms with E-state index in [1.54, 1.807) is 25.3 Å². The first-order chi connectivity index (χ1) is 18.0. The first-order valence-electron chi connectivity index (χ1n) is 12.5. The number of carbonyl (C=O) groups is 2. The second-order valence-corrected chi connectivity index (χ2v) is 9.96. The molecule has 1 aliphatic rings. The summed E-state index contributed by atoms with van der Waals surface area (Å²) in [6.07, 6.45) is 0.732. The normalized spacial score (nSPS) is 13.8. The Morgan fingerprint density at radius 2 is 1.65 bits per heavy atom. The lowest BCUT2D eigenvalue weighted by molar-refractivity contribution is 0.0947. The average Bonchev–Trinajstić information content (AvgIpc) is 2.92. The number of rotatable bonds is 10. The minimum Gasteiger partial charge on any atom is -0.385 e. The van der Waals surface area contributed by atoms with Crippen LogP contribution in [0.25, 0.3) is 0 Å². The highest BCUT2D eigenvalue weighted by Gasteiger charge is 2.22. The topological polar surface area (TPSA) is 73.9 Å². The highest BCUT2D eigenvalue weighted by atomic mass is 79.9. The molecule has 0 radical (unpaired) electrons. The van der Waals surface area contributed by atoms with Crippen molar-refractivity contribution in [3.05, 3.63) is 94.0 Å². The van der Waals surface area contributed by atoms with Crippen LogP contribution < -0.4 is 15.5 Å². The molecular formula is C29H33BrN4O3. The Hall–Kier alpha value is -3.20. The third-order valence-electron chi connectivity index (χ3n) is 6.38. The first-order valence-corrected chi connectivity index (χ1v) is 13.3. The van der Waals surface area contributed by atoms with Gasteiger partial charge in [-0.05, 0) is 54.4 Å². The number of piperazine rings is 1. The van der Waals surface area contributed by atoms with Crippen molar-refractivity contribution in [1.29, 1.82) is 0 Å². The van der Waals surface area contributed by atoms with Crippen LogP contribution in [0.4, 0.5) is 11.4 Å². The zero-order valence-corrected chi connectivity index (χ0v) is 22.7. The van der Waals surface area contributed by atoms with Gasteiger partial charge in [0.15, 0.2) is 0 Å². The van der Waals surface area contributed by atoms with E-state index >= 15 is 0 Å². The Kier molecular flexibility index (Phi) is 9.71. The molecule has 0 saturated carbocycles. The van der Waals surface area contributed by atoms with E-state index in [-0.39, 0.29) is 11.8 Å². The van der Waals surface area contributed by atoms with E-state index in [1.165, 1.54) is 5.56 Å². The van der Waals surface area contributed by atoms with Crippen LogP contribution in [0.3, 0.4) is 0 Å². The molecule has 1 aliphatic heterocycles. The lowest BCUT2D eigenvalue weighted by atomic mass is 10.1. The first kappa shape index (κ1) is 26.9. The van der Waals surface area contributed by atoms with E-state index in [2.05, 4.69) is 60.6 Å². The molecule has 7 nitrogen and oxygen atoms in total. The van der Waals surface area contributed by atoms with E-state index in [9.17, 15) is 9.59 Å². The summed E-state index contributed by atoms with van der Waals surface area (Å²) in [5.74, 6) is -0.376. The second-order valence-electron chi connectivity index (χ2n) is 9.04. The lowest BCUT2D eigenvalue weighted by Crippen LogP contribution is -2.46. The van der Waals surface area contributed by atoms with Crippen molar-refractivity contribution in [2.24, 2.45) is 0 Å². The van der Waals surface area contributed by atoms with Gasteiger partial charge in [0.1, 0.15) is 0 Å². The highest BCUT2D eigenvalue weighted by Crippen LogP contribution is 2.27. The van der Waals surface area contributed by atoms with Crippen LogP contribution in [0.5, 0.6) is 0 Å². The fourth-order valence-electron chi connectivity index (χ4n) is 4.38. The van der Waals surface area contributed by atoms with Crippen LogP contribution in [-0.2, 0) is 11.3 Å². The highest BCUT2D eigenvalue weighted by molar-refractivity contribution is 9.10. The van der Waals surface area contributed by atoms with Crippen LogP contribution in [0.15, 0.2) is 77.3 Å². The number of carbonyl (C=O) groups excluding carboxylic acids is 2. The molecule has 4 rings (SSSR count). The largest absolute Gasteiger partial charge is 0.385 e. The third-order valence-corrected chi connectivity index (χ3v) is 6.91. The molecule has 3 aromatic carbocycles. The van der Waals surface area contributed by atoms with Gasteiger partial charge in [-0.1, -0.05) is 46.3 Å². The van der Waals surface area contributed by atoms with Gasteiger partial charge in [-0.25, -0.2) is 0 Å². The number of anilines is 2. The van der Waals surface area contributed by atoms with Crippen LogP contribution in [0, 0.1) is 0 Å². The Morgan fingerprint density at radius 1 is 0.919 bits per heavy atom. The molecule has 194 valence electrons. The maximum atomic E-state index is 13.2. The molecule has 3 aromatic rings. The Balaban J connectivity index is 1.47. The molecule has 0 spiro atoms. The molecule has 37 heavy (non-hydrogen) atoms. The molecule has 0 unspecified atom stereocenters. The fraction of sp³-hybridized carbons (Fsp3) is 0.310. The predicted molar refractivity (Wildman–Crippen MR) is 151 cm³/mol. The maximum Gasteiger partial charge on any atom is 0.255 e. The molecule has 2 N–H and O–H groups in total. The van der Waals surface area contributed by atoms with Crippen molar-refractivity contribution in [1.82, 2.24) is 10.2 Å². The molecule has 1 heterocycles. The Labute approximate surface area is 226 Å². The zero-order chi connectivity index (χ0) is 26.0. The van der Waals surface area contributed by atoms with Gasteiger partial charge in [-0.2, -0.15) is 0 Å². The van der Waals surface area contributed by atoms with Crippen molar-refractivity contribution in [2.75, 3.05) is 56.7 Å². The van der Waals surface area contributed by atoms with Crippen LogP contribution in [-0.4, -0.2) is 63.2 Å². The van der Waals surface area contributed by atoms with E-state index in [1.807, 2.05) is 30.3 Å². The number of benzene rings is 3. The van der Waals surface area contributed by atoms with Crippen LogP contribution in [0.1, 0.15) is 32.7 Å². The molecule has 1 fully saturated rings. The average molecular weight is 566 g/mol. The van der Waals surface area contributed by atoms with Gasteiger partial charge in [0.25, 0.3) is 11.8 Å². The molecule has 1 saturated heterocycles. The fourth-order valence-corrected chi connectivity index (χ4v) is 4.64. The van der Waals surface area contributed by atoms with Gasteiger partial charge >= 0.3 is 0 Å². The monoisotopic (exact) mass is 564 g/mol. The Morgan fingerprint density at radius 3 is 2.35 bits per heavy atom. The van der Waals surface area contributed by atoms with Gasteiger partial charge in [-0.15, -0.1) is 0 Å². The quantitative estimate of drug-likeness (QED) is 0.346. The van der Waals surface area contributed by atoms with Crippen LogP contribution >= 0.6 is 15.9 Å². The van der Waals surface area contributed by atoms with Gasteiger partial charge < -0.3 is 20.3 Å². The standard InChI is InChI=1S/C29H33BrN4O3/c1-37-19-5-14-31-29(36)26-20-25(32-28(35)23-8-10-24(30)11-9-23)12-13-27(26)34-17-15-33(16-18-34)21-22-6-3-2-4-7-22/h2-4,6-13,20H,5,14-19,21H2,1H3,(H,31,36)(H,32,35). The lowest BCUT2D eigenvalue weighted by Gasteiger charge is -2.37. The van der Waals surface area contributed by atoms with Crippen molar-refractivity contribution in [2.45, 2.75) is 13.0 Å². The summed E-state index contributed by atoms with van der Waals surface area (Å²) in [5.41, 5.74) is 3.87. The predicted octanol–water partition coefficient (Wildman–Crippen LogP) is 4.79. The number of nitrogens with zero attached hydrogens (tertiary/aromatic N) is 2. The number of ether oxygens (including phenoxy) is 1. The Bertz CT molecular complexity index is 1180. The minimum atomic E-state index is -0.221. The number of methoxy groups -OCH3 is 1. The molecule has 0 aromatic heterocycles. The molecule has 0 atom stereocenters. The van der Waals surface area contributed by atoms with E-state index < -0.39 is 0 Å². The number of halogens is 1. The number of nitrogens with one attached hydrogen (secondary N) is 2. The van der Waals surface area contributed by atoms with E-state index in [0.29, 0.717) is 30.0 Å². The summed E-state index contributed by atoms with van der Waals surface area (Å²) in [7, 11) is 1.65. The smallest absolute Gasteiger partial charge is 0.255 e. The van der Waals surface area contributed by atoms with E-state index in [0.717, 1.165) is 49.3 Å². The van der Waals surface area contributed by atoms with Crippen molar-refractivity contribution < 1.29 is 14.3 Å². The SMILES string of the molecule is COCCCNC(=O)c1cc(NC(=O)c2ccc(Br)cc2)ccc1N1CCN(Cc2ccccc2)CC1. The van der Waals surface area contributed by atoms with Crippen molar-refractivity contribution in [3.63, 3.8) is 0 Å². The number of hydrogen-bond acceptors (Lipinski definition) is 5. The molecule has 2 amide bonds. The maximum absolute atomic E-state index is 13.2. The minimum absolute atomic E-state index is 0.155. The number of amides is 2. The molecular weight excluding hydrogens is 532 g/mol. The summed E-state index contributed by atoms with van der Waals surface area (Å²) >= 11 is 3.39. The van der Waals surface area contributed by atoms with Crippen molar-refractivity contribution >= 4 is 39.1 Å². The van der Waals surface area contributed by atoms with Gasteiger partial charge in [0.05, 0.1) is 5.56 Å². The van der Waals surface area contributed by atoms with Gasteiger partial charge in [0, 0.05) is 74.4 Å². The number of hydrogen-bond donors (Lipinski definition) is 2. The summed E-state index contributed by atoms with van der Waals surface area (Å²) in [4.78, 5) is 30.7. The van der Waals surface area contributed by atoms with Crippen LogP contribution in [0.2, 0.25) is 0 Å². The second kappa shape index (κ2) is 13.4. The molecule has 0 bridgehead atoms. The van der Waals surface area contributed by atoms with Crippen molar-refractivity contribution in [3.8, 4) is 0 Å². The summed E-state index contributed by atoms with van der Waals surface area (Å²) in [5, 5.41) is 5.93. The zero-order valence-electron chi connectivity index (χ0n) is 21.1.